The number of nitriles is 1. The Balaban J connectivity index is 2.48. The third-order valence-corrected chi connectivity index (χ3v) is 3.63. The van der Waals surface area contributed by atoms with Crippen molar-refractivity contribution in [2.24, 2.45) is 0 Å². The molecule has 4 nitrogen and oxygen atoms in total. The molecule has 0 aliphatic heterocycles. The smallest absolute Gasteiger partial charge is 0.144 e. The van der Waals surface area contributed by atoms with Crippen LogP contribution in [0.2, 0.25) is 5.02 Å². The Morgan fingerprint density at radius 2 is 1.81 bits per heavy atom. The number of anilines is 2. The SMILES string of the molecule is COc1cc(Nc2cc(Br)ccc2C#N)c(OC)cc1Cl. The molecule has 0 spiro atoms. The number of hydrogen-bond acceptors (Lipinski definition) is 4. The van der Waals surface area contributed by atoms with Gasteiger partial charge in [0.25, 0.3) is 0 Å². The molecule has 0 aliphatic rings. The van der Waals surface area contributed by atoms with Gasteiger partial charge in [0.15, 0.2) is 0 Å². The molecule has 6 heteroatoms. The molecule has 0 aromatic heterocycles. The fraction of sp³-hybridized carbons (Fsp3) is 0.133. The third-order valence-electron chi connectivity index (χ3n) is 2.85. The Morgan fingerprint density at radius 1 is 1.10 bits per heavy atom. The van der Waals surface area contributed by atoms with Crippen molar-refractivity contribution in [3.05, 3.63) is 45.4 Å². The average Bonchev–Trinajstić information content (AvgIpc) is 2.48. The first-order valence-corrected chi connectivity index (χ1v) is 7.14. The monoisotopic (exact) mass is 366 g/mol. The Morgan fingerprint density at radius 3 is 2.43 bits per heavy atom. The van der Waals surface area contributed by atoms with Crippen LogP contribution in [0.3, 0.4) is 0 Å². The van der Waals surface area contributed by atoms with E-state index in [1.807, 2.05) is 12.1 Å². The van der Waals surface area contributed by atoms with Gasteiger partial charge in [-0.2, -0.15) is 5.26 Å². The van der Waals surface area contributed by atoms with Crippen LogP contribution in [0.4, 0.5) is 11.4 Å². The second-order valence-corrected chi connectivity index (χ2v) is 5.44. The molecule has 2 aromatic carbocycles. The fourth-order valence-corrected chi connectivity index (χ4v) is 2.41. The number of nitrogens with one attached hydrogen (secondary N) is 1. The molecule has 2 aromatic rings. The molecule has 108 valence electrons. The van der Waals surface area contributed by atoms with Gasteiger partial charge in [0.1, 0.15) is 17.6 Å². The van der Waals surface area contributed by atoms with E-state index in [1.54, 1.807) is 25.3 Å². The molecule has 0 saturated carbocycles. The van der Waals surface area contributed by atoms with E-state index in [1.165, 1.54) is 7.11 Å². The van der Waals surface area contributed by atoms with Gasteiger partial charge in [0.2, 0.25) is 0 Å². The van der Waals surface area contributed by atoms with Crippen molar-refractivity contribution in [2.75, 3.05) is 19.5 Å². The second-order valence-electron chi connectivity index (χ2n) is 4.11. The first kappa shape index (κ1) is 15.5. The molecular weight excluding hydrogens is 356 g/mol. The van der Waals surface area contributed by atoms with Crippen molar-refractivity contribution in [3.63, 3.8) is 0 Å². The zero-order chi connectivity index (χ0) is 15.4. The lowest BCUT2D eigenvalue weighted by Crippen LogP contribution is -1.98. The highest BCUT2D eigenvalue weighted by atomic mass is 79.9. The maximum atomic E-state index is 9.18. The van der Waals surface area contributed by atoms with E-state index < -0.39 is 0 Å². The predicted octanol–water partition coefficient (Wildman–Crippen LogP) is 4.73. The summed E-state index contributed by atoms with van der Waals surface area (Å²) in [5, 5.41) is 12.8. The van der Waals surface area contributed by atoms with E-state index in [0.29, 0.717) is 33.5 Å². The van der Waals surface area contributed by atoms with E-state index in [-0.39, 0.29) is 0 Å². The quantitative estimate of drug-likeness (QED) is 0.848. The summed E-state index contributed by atoms with van der Waals surface area (Å²) in [6.45, 7) is 0. The molecule has 0 fully saturated rings. The molecule has 0 atom stereocenters. The number of ether oxygens (including phenoxy) is 2. The molecule has 0 heterocycles. The molecule has 1 N–H and O–H groups in total. The number of hydrogen-bond donors (Lipinski definition) is 1. The summed E-state index contributed by atoms with van der Waals surface area (Å²) in [6.07, 6.45) is 0. The zero-order valence-electron chi connectivity index (χ0n) is 11.4. The van der Waals surface area contributed by atoms with Crippen LogP contribution in [0.5, 0.6) is 11.5 Å². The van der Waals surface area contributed by atoms with Crippen molar-refractivity contribution in [1.29, 1.82) is 5.26 Å². The summed E-state index contributed by atoms with van der Waals surface area (Å²) in [5.41, 5.74) is 1.84. The molecule has 0 aliphatic carbocycles. The van der Waals surface area contributed by atoms with Crippen molar-refractivity contribution < 1.29 is 9.47 Å². The Hall–Kier alpha value is -1.90. The Labute approximate surface area is 136 Å². The first-order chi connectivity index (χ1) is 10.1. The van der Waals surface area contributed by atoms with E-state index >= 15 is 0 Å². The van der Waals surface area contributed by atoms with Crippen molar-refractivity contribution in [3.8, 4) is 17.6 Å². The third kappa shape index (κ3) is 3.41. The van der Waals surface area contributed by atoms with Crippen LogP contribution in [0.25, 0.3) is 0 Å². The largest absolute Gasteiger partial charge is 0.495 e. The summed E-state index contributed by atoms with van der Waals surface area (Å²) in [6, 6.07) is 10.9. The molecule has 2 rings (SSSR count). The maximum absolute atomic E-state index is 9.18. The van der Waals surface area contributed by atoms with Crippen LogP contribution in [-0.2, 0) is 0 Å². The minimum absolute atomic E-state index is 0.453. The van der Waals surface area contributed by atoms with Gasteiger partial charge in [-0.1, -0.05) is 27.5 Å². The van der Waals surface area contributed by atoms with Gasteiger partial charge in [0, 0.05) is 16.6 Å². The lowest BCUT2D eigenvalue weighted by Gasteiger charge is -2.15. The molecule has 0 amide bonds. The topological polar surface area (TPSA) is 54.3 Å². The van der Waals surface area contributed by atoms with Gasteiger partial charge in [-0.3, -0.25) is 0 Å². The summed E-state index contributed by atoms with van der Waals surface area (Å²) in [5.74, 6) is 1.08. The van der Waals surface area contributed by atoms with Crippen molar-refractivity contribution in [1.82, 2.24) is 0 Å². The summed E-state index contributed by atoms with van der Waals surface area (Å²) < 4.78 is 11.4. The highest BCUT2D eigenvalue weighted by Gasteiger charge is 2.12. The number of rotatable bonds is 4. The number of benzene rings is 2. The van der Waals surface area contributed by atoms with Gasteiger partial charge in [-0.15, -0.1) is 0 Å². The van der Waals surface area contributed by atoms with Gasteiger partial charge in [-0.25, -0.2) is 0 Å². The average molecular weight is 368 g/mol. The zero-order valence-corrected chi connectivity index (χ0v) is 13.7. The predicted molar refractivity (Wildman–Crippen MR) is 86.7 cm³/mol. The van der Waals surface area contributed by atoms with E-state index in [2.05, 4.69) is 27.3 Å². The summed E-state index contributed by atoms with van der Waals surface area (Å²) in [7, 11) is 3.09. The molecule has 0 bridgehead atoms. The first-order valence-electron chi connectivity index (χ1n) is 5.97. The van der Waals surface area contributed by atoms with Gasteiger partial charge in [0.05, 0.1) is 36.2 Å². The highest BCUT2D eigenvalue weighted by molar-refractivity contribution is 9.10. The van der Waals surface area contributed by atoms with Crippen LogP contribution in [0.15, 0.2) is 34.8 Å². The fourth-order valence-electron chi connectivity index (χ4n) is 1.82. The summed E-state index contributed by atoms with van der Waals surface area (Å²) >= 11 is 9.46. The lowest BCUT2D eigenvalue weighted by atomic mass is 10.2. The van der Waals surface area contributed by atoms with E-state index in [0.717, 1.165) is 4.47 Å². The van der Waals surface area contributed by atoms with Crippen molar-refractivity contribution >= 4 is 38.9 Å². The van der Waals surface area contributed by atoms with Crippen LogP contribution in [-0.4, -0.2) is 14.2 Å². The lowest BCUT2D eigenvalue weighted by molar-refractivity contribution is 0.405. The van der Waals surface area contributed by atoms with Gasteiger partial charge in [-0.05, 0) is 18.2 Å². The van der Waals surface area contributed by atoms with Crippen LogP contribution in [0, 0.1) is 11.3 Å². The van der Waals surface area contributed by atoms with Crippen LogP contribution >= 0.6 is 27.5 Å². The van der Waals surface area contributed by atoms with Crippen LogP contribution < -0.4 is 14.8 Å². The molecule has 0 saturated heterocycles. The number of nitrogens with zero attached hydrogens (tertiary/aromatic N) is 1. The summed E-state index contributed by atoms with van der Waals surface area (Å²) in [4.78, 5) is 0. The maximum Gasteiger partial charge on any atom is 0.144 e. The molecule has 0 unspecified atom stereocenters. The number of halogens is 2. The Kier molecular flexibility index (Phi) is 4.94. The number of methoxy groups -OCH3 is 2. The van der Waals surface area contributed by atoms with Crippen molar-refractivity contribution in [2.45, 2.75) is 0 Å². The van der Waals surface area contributed by atoms with Gasteiger partial charge < -0.3 is 14.8 Å². The normalized spacial score (nSPS) is 9.86. The second kappa shape index (κ2) is 6.70. The Bertz CT molecular complexity index is 714. The standard InChI is InChI=1S/C15H12BrClN2O2/c1-20-14-7-13(15(21-2)6-11(14)17)19-12-5-10(16)4-3-9(12)8-18/h3-7,19H,1-2H3. The van der Waals surface area contributed by atoms with E-state index in [4.69, 9.17) is 21.1 Å². The minimum atomic E-state index is 0.453. The highest BCUT2D eigenvalue weighted by Crippen LogP contribution is 2.38. The molecule has 0 radical (unpaired) electrons. The van der Waals surface area contributed by atoms with E-state index in [9.17, 15) is 5.26 Å². The van der Waals surface area contributed by atoms with Gasteiger partial charge >= 0.3 is 0 Å². The molecular formula is C15H12BrClN2O2. The molecule has 21 heavy (non-hydrogen) atoms. The van der Waals surface area contributed by atoms with Crippen LogP contribution in [0.1, 0.15) is 5.56 Å². The minimum Gasteiger partial charge on any atom is -0.495 e.